The van der Waals surface area contributed by atoms with E-state index in [1.54, 1.807) is 12.5 Å². The van der Waals surface area contributed by atoms with Gasteiger partial charge in [0.05, 0.1) is 25.5 Å². The van der Waals surface area contributed by atoms with Crippen molar-refractivity contribution < 1.29 is 28.3 Å². The summed E-state index contributed by atoms with van der Waals surface area (Å²) in [5.74, 6) is -0.117. The third kappa shape index (κ3) is 3.64. The lowest BCUT2D eigenvalue weighted by atomic mass is 10.1. The third-order valence-electron chi connectivity index (χ3n) is 4.79. The van der Waals surface area contributed by atoms with E-state index in [0.717, 1.165) is 5.52 Å². The zero-order valence-corrected chi connectivity index (χ0v) is 16.9. The van der Waals surface area contributed by atoms with Crippen molar-refractivity contribution in [2.45, 2.75) is 24.5 Å². The maximum Gasteiger partial charge on any atom is 0.472 e. The molecule has 0 spiro atoms. The fraction of sp³-hybridized carbons (Fsp3) is 0.333. The first-order valence-corrected chi connectivity index (χ1v) is 10.6. The fourth-order valence-corrected chi connectivity index (χ4v) is 4.35. The van der Waals surface area contributed by atoms with Crippen LogP contribution in [0.1, 0.15) is 6.23 Å². The van der Waals surface area contributed by atoms with Crippen LogP contribution in [0.3, 0.4) is 0 Å². The Morgan fingerprint density at radius 2 is 2.16 bits per heavy atom. The molecule has 6 N–H and O–H groups in total. The molecule has 2 aliphatic heterocycles. The molecule has 0 saturated carbocycles. The first-order valence-electron chi connectivity index (χ1n) is 9.13. The summed E-state index contributed by atoms with van der Waals surface area (Å²) in [5, 5.41) is 10.4. The second kappa shape index (κ2) is 7.70. The summed E-state index contributed by atoms with van der Waals surface area (Å²) < 4.78 is 27.9. The molecule has 168 valence electrons. The number of phosphoric ester groups is 1. The van der Waals surface area contributed by atoms with Crippen molar-refractivity contribution in [3.05, 3.63) is 35.5 Å². The number of nitrogens with one attached hydrogen (secondary N) is 2. The molecule has 0 amide bonds. The van der Waals surface area contributed by atoms with Gasteiger partial charge in [0.1, 0.15) is 30.2 Å². The molecule has 0 aliphatic carbocycles. The van der Waals surface area contributed by atoms with E-state index in [0.29, 0.717) is 5.65 Å². The van der Waals surface area contributed by atoms with Crippen LogP contribution in [-0.4, -0.2) is 74.4 Å². The number of nitrogens with two attached hydrogens (primary N) is 1. The molecule has 6 heterocycles. The largest absolute Gasteiger partial charge is 0.472 e. The van der Waals surface area contributed by atoms with Gasteiger partial charge in [-0.1, -0.05) is 0 Å². The standard InChI is InChI=1S/C10H12N5O7P.C5H4N4/c11-10-13-7-4(8(17)14-10)12-2-15(7)9-5(16)6-3(21-9)1-20-23(18,19)22-6;1-4-5(8-2-6-1)9-3-7-4/h2-3,5-6,9,16H,1H2,(H,18,19)(H3,11,13,14,17);1-3H,(H,6,7,8,9)/t3-,5-,6-,9-;/m1./s1. The number of anilines is 1. The van der Waals surface area contributed by atoms with E-state index in [1.807, 2.05) is 0 Å². The predicted octanol–water partition coefficient (Wildman–Crippen LogP) is -1.17. The van der Waals surface area contributed by atoms with Crippen LogP contribution in [0, 0.1) is 0 Å². The molecule has 6 rings (SSSR count). The van der Waals surface area contributed by atoms with Crippen molar-refractivity contribution >= 4 is 36.1 Å². The van der Waals surface area contributed by atoms with Crippen LogP contribution < -0.4 is 11.3 Å². The summed E-state index contributed by atoms with van der Waals surface area (Å²) in [7, 11) is -4.22. The number of imidazole rings is 2. The van der Waals surface area contributed by atoms with E-state index in [-0.39, 0.29) is 23.7 Å². The Hall–Kier alpha value is -3.27. The molecule has 4 aromatic rings. The van der Waals surface area contributed by atoms with E-state index in [1.165, 1.54) is 17.2 Å². The summed E-state index contributed by atoms with van der Waals surface area (Å²) >= 11 is 0. The zero-order chi connectivity index (χ0) is 22.5. The van der Waals surface area contributed by atoms with Crippen LogP contribution in [-0.2, 0) is 18.3 Å². The number of nitrogen functional groups attached to an aromatic ring is 1. The Kier molecular flexibility index (Phi) is 4.96. The molecule has 32 heavy (non-hydrogen) atoms. The number of hydrogen-bond donors (Lipinski definition) is 5. The first kappa shape index (κ1) is 20.6. The summed E-state index contributed by atoms with van der Waals surface area (Å²) in [6, 6.07) is 0. The van der Waals surface area contributed by atoms with Crippen LogP contribution in [0.5, 0.6) is 0 Å². The average Bonchev–Trinajstić information content (AvgIpc) is 3.46. The second-order valence-electron chi connectivity index (χ2n) is 6.83. The highest BCUT2D eigenvalue weighted by molar-refractivity contribution is 7.47. The van der Waals surface area contributed by atoms with Gasteiger partial charge in [0, 0.05) is 0 Å². The Morgan fingerprint density at radius 3 is 2.97 bits per heavy atom. The van der Waals surface area contributed by atoms with Gasteiger partial charge in [0.2, 0.25) is 5.95 Å². The Labute approximate surface area is 177 Å². The molecule has 2 aliphatic rings. The smallest absolute Gasteiger partial charge is 0.386 e. The van der Waals surface area contributed by atoms with Crippen LogP contribution in [0.2, 0.25) is 0 Å². The maximum absolute atomic E-state index is 11.8. The minimum atomic E-state index is -4.22. The van der Waals surface area contributed by atoms with Crippen molar-refractivity contribution in [2.75, 3.05) is 12.3 Å². The number of aliphatic hydroxyl groups excluding tert-OH is 1. The lowest BCUT2D eigenvalue weighted by Crippen LogP contribution is -2.39. The van der Waals surface area contributed by atoms with Crippen molar-refractivity contribution in [1.29, 1.82) is 0 Å². The summed E-state index contributed by atoms with van der Waals surface area (Å²) in [6.45, 7) is -0.214. The molecular formula is C15H16N9O7P. The van der Waals surface area contributed by atoms with E-state index in [9.17, 15) is 19.4 Å². The number of ether oxygens (including phenoxy) is 1. The Balaban J connectivity index is 0.000000199. The van der Waals surface area contributed by atoms with Gasteiger partial charge in [-0.2, -0.15) is 4.98 Å². The minimum absolute atomic E-state index is 0.0230. The van der Waals surface area contributed by atoms with E-state index in [2.05, 4.69) is 39.4 Å². The highest BCUT2D eigenvalue weighted by Crippen LogP contribution is 2.52. The number of aliphatic hydroxyl groups is 1. The summed E-state index contributed by atoms with van der Waals surface area (Å²) in [6.07, 6.45) is 1.91. The normalized spacial score (nSPS) is 29.6. The minimum Gasteiger partial charge on any atom is -0.386 e. The second-order valence-corrected chi connectivity index (χ2v) is 8.23. The van der Waals surface area contributed by atoms with Gasteiger partial charge < -0.3 is 25.5 Å². The summed E-state index contributed by atoms with van der Waals surface area (Å²) in [5.41, 5.74) is 6.70. The molecule has 0 bridgehead atoms. The summed E-state index contributed by atoms with van der Waals surface area (Å²) in [4.78, 5) is 45.8. The molecule has 5 atom stereocenters. The van der Waals surface area contributed by atoms with Gasteiger partial charge in [0.25, 0.3) is 5.56 Å². The number of rotatable bonds is 1. The molecule has 16 nitrogen and oxygen atoms in total. The van der Waals surface area contributed by atoms with Crippen LogP contribution >= 0.6 is 7.82 Å². The Bertz CT molecular complexity index is 1360. The fourth-order valence-electron chi connectivity index (χ4n) is 3.39. The van der Waals surface area contributed by atoms with Crippen molar-refractivity contribution in [2.24, 2.45) is 0 Å². The molecule has 17 heteroatoms. The predicted molar refractivity (Wildman–Crippen MR) is 105 cm³/mol. The van der Waals surface area contributed by atoms with Gasteiger partial charge in [0.15, 0.2) is 23.0 Å². The van der Waals surface area contributed by atoms with Gasteiger partial charge in [-0.15, -0.1) is 0 Å². The highest BCUT2D eigenvalue weighted by atomic mass is 31.2. The van der Waals surface area contributed by atoms with Crippen molar-refractivity contribution in [1.82, 2.24) is 39.5 Å². The molecule has 4 aromatic heterocycles. The number of hydrogen-bond acceptors (Lipinski definition) is 12. The van der Waals surface area contributed by atoms with Gasteiger partial charge in [-0.25, -0.2) is 24.5 Å². The number of fused-ring (bicyclic) bond motifs is 3. The van der Waals surface area contributed by atoms with Crippen LogP contribution in [0.15, 0.2) is 30.0 Å². The lowest BCUT2D eigenvalue weighted by molar-refractivity contribution is -0.0664. The van der Waals surface area contributed by atoms with E-state index in [4.69, 9.17) is 15.0 Å². The molecule has 0 radical (unpaired) electrons. The number of nitrogens with zero attached hydrogens (tertiary/aromatic N) is 6. The quantitative estimate of drug-likeness (QED) is 0.209. The maximum atomic E-state index is 11.8. The third-order valence-corrected chi connectivity index (χ3v) is 5.77. The number of phosphoric acid groups is 1. The van der Waals surface area contributed by atoms with Crippen LogP contribution in [0.4, 0.5) is 5.95 Å². The van der Waals surface area contributed by atoms with Gasteiger partial charge >= 0.3 is 7.82 Å². The molecular weight excluding hydrogens is 449 g/mol. The highest BCUT2D eigenvalue weighted by Gasteiger charge is 2.52. The molecule has 2 saturated heterocycles. The number of H-pyrrole nitrogens is 2. The zero-order valence-electron chi connectivity index (χ0n) is 16.0. The SMILES string of the molecule is Nc1nc2c(ncn2[C@@H]2O[C@@H]3COP(=O)(O)O[C@H]3[C@H]2O)c(=O)[nH]1.c1ncc2[nH]cnc2n1. The number of aromatic amines is 2. The van der Waals surface area contributed by atoms with Gasteiger partial charge in [-0.3, -0.25) is 23.4 Å². The molecule has 0 aromatic carbocycles. The van der Waals surface area contributed by atoms with Crippen LogP contribution in [0.25, 0.3) is 22.3 Å². The number of aromatic nitrogens is 8. The topological polar surface area (TPSA) is 229 Å². The first-order chi connectivity index (χ1) is 15.3. The lowest BCUT2D eigenvalue weighted by Gasteiger charge is -2.27. The van der Waals surface area contributed by atoms with Gasteiger partial charge in [-0.05, 0) is 0 Å². The molecule has 2 fully saturated rings. The molecule has 1 unspecified atom stereocenters. The van der Waals surface area contributed by atoms with Crippen molar-refractivity contribution in [3.8, 4) is 0 Å². The van der Waals surface area contributed by atoms with E-state index >= 15 is 0 Å². The van der Waals surface area contributed by atoms with Crippen molar-refractivity contribution in [3.63, 3.8) is 0 Å². The monoisotopic (exact) mass is 465 g/mol. The Morgan fingerprint density at radius 1 is 1.31 bits per heavy atom. The van der Waals surface area contributed by atoms with E-state index < -0.39 is 37.9 Å². The average molecular weight is 465 g/mol.